The summed E-state index contributed by atoms with van der Waals surface area (Å²) in [6, 6.07) is 3.39. The predicted molar refractivity (Wildman–Crippen MR) is 70.8 cm³/mol. The SMILES string of the molecule is COc1ccnc2cc(C(=O)NCCC(=O)O)sc12. The Labute approximate surface area is 113 Å². The summed E-state index contributed by atoms with van der Waals surface area (Å²) in [7, 11) is 1.56. The van der Waals surface area contributed by atoms with Crippen molar-refractivity contribution in [3.05, 3.63) is 23.2 Å². The number of methoxy groups -OCH3 is 1. The molecule has 2 rings (SSSR count). The monoisotopic (exact) mass is 280 g/mol. The molecule has 0 spiro atoms. The molecule has 6 nitrogen and oxygen atoms in total. The molecule has 0 saturated carbocycles. The quantitative estimate of drug-likeness (QED) is 0.866. The van der Waals surface area contributed by atoms with Gasteiger partial charge in [0, 0.05) is 12.7 Å². The van der Waals surface area contributed by atoms with Gasteiger partial charge in [0.2, 0.25) is 0 Å². The molecule has 0 fully saturated rings. The molecule has 1 amide bonds. The lowest BCUT2D eigenvalue weighted by molar-refractivity contribution is -0.136. The number of carbonyl (C=O) groups is 2. The molecule has 0 atom stereocenters. The van der Waals surface area contributed by atoms with Gasteiger partial charge in [-0.05, 0) is 12.1 Å². The standard InChI is InChI=1S/C12H12N2O4S/c1-18-8-2-4-13-7-6-9(19-11(7)8)12(17)14-5-3-10(15)16/h2,4,6H,3,5H2,1H3,(H,14,17)(H,15,16). The van der Waals surface area contributed by atoms with Crippen molar-refractivity contribution in [3.8, 4) is 5.75 Å². The molecular weight excluding hydrogens is 268 g/mol. The summed E-state index contributed by atoms with van der Waals surface area (Å²) in [6.45, 7) is 0.104. The smallest absolute Gasteiger partial charge is 0.305 e. The average molecular weight is 280 g/mol. The zero-order valence-corrected chi connectivity index (χ0v) is 11.0. The van der Waals surface area contributed by atoms with Crippen LogP contribution < -0.4 is 10.1 Å². The second-order valence-corrected chi connectivity index (χ2v) is 4.79. The van der Waals surface area contributed by atoms with E-state index in [4.69, 9.17) is 9.84 Å². The van der Waals surface area contributed by atoms with Crippen molar-refractivity contribution in [1.29, 1.82) is 0 Å². The Balaban J connectivity index is 2.16. The molecule has 0 radical (unpaired) electrons. The molecule has 2 N–H and O–H groups in total. The first-order valence-corrected chi connectivity index (χ1v) is 6.36. The summed E-state index contributed by atoms with van der Waals surface area (Å²) in [6.07, 6.45) is 1.51. The minimum Gasteiger partial charge on any atom is -0.495 e. The molecule has 0 bridgehead atoms. The summed E-state index contributed by atoms with van der Waals surface area (Å²) in [5.41, 5.74) is 0.688. The van der Waals surface area contributed by atoms with Gasteiger partial charge in [-0.2, -0.15) is 0 Å². The van der Waals surface area contributed by atoms with Crippen LogP contribution in [0, 0.1) is 0 Å². The lowest BCUT2D eigenvalue weighted by Crippen LogP contribution is -2.25. The Hall–Kier alpha value is -2.15. The molecule has 0 aliphatic heterocycles. The maximum Gasteiger partial charge on any atom is 0.305 e. The third kappa shape index (κ3) is 3.00. The molecule has 100 valence electrons. The number of aliphatic carboxylic acids is 1. The van der Waals surface area contributed by atoms with Gasteiger partial charge in [0.1, 0.15) is 5.75 Å². The molecule has 2 aromatic rings. The van der Waals surface area contributed by atoms with Gasteiger partial charge in [-0.25, -0.2) is 0 Å². The van der Waals surface area contributed by atoms with Crippen LogP contribution in [-0.4, -0.2) is 35.6 Å². The number of hydrogen-bond donors (Lipinski definition) is 2. The number of amides is 1. The molecule has 7 heteroatoms. The number of nitrogens with zero attached hydrogens (tertiary/aromatic N) is 1. The van der Waals surface area contributed by atoms with Gasteiger partial charge in [-0.15, -0.1) is 11.3 Å². The summed E-state index contributed by atoms with van der Waals surface area (Å²) in [5.74, 6) is -0.578. The number of pyridine rings is 1. The summed E-state index contributed by atoms with van der Waals surface area (Å²) >= 11 is 1.27. The van der Waals surface area contributed by atoms with Crippen molar-refractivity contribution in [1.82, 2.24) is 10.3 Å². The maximum absolute atomic E-state index is 11.8. The van der Waals surface area contributed by atoms with Gasteiger partial charge in [0.25, 0.3) is 5.91 Å². The number of rotatable bonds is 5. The largest absolute Gasteiger partial charge is 0.495 e. The van der Waals surface area contributed by atoms with Crippen molar-refractivity contribution >= 4 is 33.4 Å². The first kappa shape index (κ1) is 13.3. The van der Waals surface area contributed by atoms with Crippen LogP contribution in [0.5, 0.6) is 5.75 Å². The van der Waals surface area contributed by atoms with Crippen LogP contribution in [-0.2, 0) is 4.79 Å². The molecule has 0 aromatic carbocycles. The fraction of sp³-hybridized carbons (Fsp3) is 0.250. The third-order valence-corrected chi connectivity index (χ3v) is 3.58. The molecule has 19 heavy (non-hydrogen) atoms. The Kier molecular flexibility index (Phi) is 3.96. The van der Waals surface area contributed by atoms with E-state index in [1.165, 1.54) is 11.3 Å². The number of nitrogens with one attached hydrogen (secondary N) is 1. The predicted octanol–water partition coefficient (Wildman–Crippen LogP) is 1.51. The van der Waals surface area contributed by atoms with Gasteiger partial charge in [0.05, 0.1) is 28.6 Å². The number of thiophene rings is 1. The Bertz CT molecular complexity index is 623. The van der Waals surface area contributed by atoms with Gasteiger partial charge in [-0.3, -0.25) is 14.6 Å². The third-order valence-electron chi connectivity index (χ3n) is 2.44. The molecule has 0 aliphatic carbocycles. The number of carboxylic acid groups (broad SMARTS) is 1. The first-order valence-electron chi connectivity index (χ1n) is 5.54. The Morgan fingerprint density at radius 3 is 3.00 bits per heavy atom. The highest BCUT2D eigenvalue weighted by Crippen LogP contribution is 2.31. The summed E-state index contributed by atoms with van der Waals surface area (Å²) in [5, 5.41) is 11.1. The van der Waals surface area contributed by atoms with Gasteiger partial charge in [-0.1, -0.05) is 0 Å². The number of ether oxygens (including phenoxy) is 1. The highest BCUT2D eigenvalue weighted by atomic mass is 32.1. The maximum atomic E-state index is 11.8. The van der Waals surface area contributed by atoms with Crippen molar-refractivity contribution in [3.63, 3.8) is 0 Å². The van der Waals surface area contributed by atoms with Crippen LogP contribution in [0.15, 0.2) is 18.3 Å². The van der Waals surface area contributed by atoms with E-state index < -0.39 is 5.97 Å². The second-order valence-electron chi connectivity index (χ2n) is 3.74. The molecular formula is C12H12N2O4S. The van der Waals surface area contributed by atoms with Crippen molar-refractivity contribution in [2.75, 3.05) is 13.7 Å². The fourth-order valence-electron chi connectivity index (χ4n) is 1.56. The number of aromatic nitrogens is 1. The van der Waals surface area contributed by atoms with E-state index in [1.807, 2.05) is 0 Å². The number of carboxylic acids is 1. The van der Waals surface area contributed by atoms with Crippen molar-refractivity contribution < 1.29 is 19.4 Å². The van der Waals surface area contributed by atoms with Crippen LogP contribution in [0.2, 0.25) is 0 Å². The normalized spacial score (nSPS) is 10.4. The zero-order valence-electron chi connectivity index (χ0n) is 10.2. The number of carbonyl (C=O) groups excluding carboxylic acids is 1. The summed E-state index contributed by atoms with van der Waals surface area (Å²) in [4.78, 5) is 26.8. The minimum absolute atomic E-state index is 0.0990. The second kappa shape index (κ2) is 5.66. The topological polar surface area (TPSA) is 88.5 Å². The van der Waals surface area contributed by atoms with Crippen molar-refractivity contribution in [2.24, 2.45) is 0 Å². The van der Waals surface area contributed by atoms with Gasteiger partial charge < -0.3 is 15.2 Å². The Morgan fingerprint density at radius 2 is 2.32 bits per heavy atom. The van der Waals surface area contributed by atoms with Gasteiger partial charge in [0.15, 0.2) is 0 Å². The van der Waals surface area contributed by atoms with Crippen molar-refractivity contribution in [2.45, 2.75) is 6.42 Å². The van der Waals surface area contributed by atoms with E-state index in [1.54, 1.807) is 25.4 Å². The van der Waals surface area contributed by atoms with Crippen LogP contribution in [0.25, 0.3) is 10.2 Å². The lowest BCUT2D eigenvalue weighted by atomic mass is 10.3. The van der Waals surface area contributed by atoms with E-state index >= 15 is 0 Å². The minimum atomic E-state index is -0.944. The Morgan fingerprint density at radius 1 is 1.53 bits per heavy atom. The molecule has 2 aromatic heterocycles. The van der Waals surface area contributed by atoms with E-state index in [2.05, 4.69) is 10.3 Å². The van der Waals surface area contributed by atoms with E-state index in [0.29, 0.717) is 16.1 Å². The van der Waals surface area contributed by atoms with Crippen LogP contribution in [0.3, 0.4) is 0 Å². The molecule has 2 heterocycles. The average Bonchev–Trinajstić information content (AvgIpc) is 2.81. The lowest BCUT2D eigenvalue weighted by Gasteiger charge is -2.00. The van der Waals surface area contributed by atoms with Crippen LogP contribution in [0.1, 0.15) is 16.1 Å². The number of hydrogen-bond acceptors (Lipinski definition) is 5. The zero-order chi connectivity index (χ0) is 13.8. The van der Waals surface area contributed by atoms with Crippen LogP contribution >= 0.6 is 11.3 Å². The molecule has 0 aliphatic rings. The van der Waals surface area contributed by atoms with E-state index in [0.717, 1.165) is 4.70 Å². The first-order chi connectivity index (χ1) is 9.11. The van der Waals surface area contributed by atoms with E-state index in [9.17, 15) is 9.59 Å². The van der Waals surface area contributed by atoms with Crippen LogP contribution in [0.4, 0.5) is 0 Å². The fourth-order valence-corrected chi connectivity index (χ4v) is 2.58. The highest BCUT2D eigenvalue weighted by Gasteiger charge is 2.13. The van der Waals surface area contributed by atoms with E-state index in [-0.39, 0.29) is 18.9 Å². The van der Waals surface area contributed by atoms with Gasteiger partial charge >= 0.3 is 5.97 Å². The summed E-state index contributed by atoms with van der Waals surface area (Å²) < 4.78 is 5.99. The highest BCUT2D eigenvalue weighted by molar-refractivity contribution is 7.21. The number of fused-ring (bicyclic) bond motifs is 1. The molecule has 0 unspecified atom stereocenters. The molecule has 0 saturated heterocycles.